The van der Waals surface area contributed by atoms with Crippen molar-refractivity contribution in [3.8, 4) is 0 Å². The van der Waals surface area contributed by atoms with Gasteiger partial charge in [-0.3, -0.25) is 0 Å². The van der Waals surface area contributed by atoms with E-state index in [9.17, 15) is 4.79 Å². The lowest BCUT2D eigenvalue weighted by molar-refractivity contribution is 0.0697. The van der Waals surface area contributed by atoms with Crippen molar-refractivity contribution in [2.24, 2.45) is 0 Å². The van der Waals surface area contributed by atoms with E-state index in [4.69, 9.17) is 12.2 Å². The number of aromatic carboxylic acids is 1. The molecule has 5 heteroatoms. The average molecular weight is 140 g/mol. The molecular weight excluding hydrogens is 134 g/mol. The maximum absolute atomic E-state index is 10.3. The summed E-state index contributed by atoms with van der Waals surface area (Å²) in [7, 11) is 0. The van der Waals surface area contributed by atoms with Crippen molar-refractivity contribution in [1.29, 1.82) is 0 Å². The Morgan fingerprint density at radius 1 is 1.90 bits per heavy atom. The molecule has 0 aliphatic carbocycles. The monoisotopic (exact) mass is 140 g/mol. The molecule has 1 aromatic rings. The lowest BCUT2D eigenvalue weighted by atomic mass is 10.3. The molecule has 10 heavy (non-hydrogen) atoms. The topological polar surface area (TPSA) is 89.1 Å². The number of anilines is 1. The minimum Gasteiger partial charge on any atom is -0.477 e. The van der Waals surface area contributed by atoms with Gasteiger partial charge in [-0.05, 0) is 0 Å². The van der Waals surface area contributed by atoms with Gasteiger partial charge in [0.2, 0.25) is 0 Å². The standard InChI is InChI=1S/C5H5N3O2/c6-4-3(5(9)10)1-7-2-8-4/h1-2H,(H,9,10)(H2,6,7,8)/i2D. The summed E-state index contributed by atoms with van der Waals surface area (Å²) >= 11 is 0. The number of aromatic nitrogens is 2. The third-order valence-corrected chi connectivity index (χ3v) is 0.928. The first-order valence-electron chi connectivity index (χ1n) is 2.93. The molecule has 1 rings (SSSR count). The van der Waals surface area contributed by atoms with E-state index in [0.717, 1.165) is 6.20 Å². The van der Waals surface area contributed by atoms with Crippen LogP contribution in [0.5, 0.6) is 0 Å². The third-order valence-electron chi connectivity index (χ3n) is 0.928. The number of nitrogen functional groups attached to an aromatic ring is 1. The molecule has 0 saturated carbocycles. The second kappa shape index (κ2) is 2.30. The van der Waals surface area contributed by atoms with Crippen LogP contribution in [-0.4, -0.2) is 21.0 Å². The minimum atomic E-state index is -1.19. The van der Waals surface area contributed by atoms with Crippen molar-refractivity contribution < 1.29 is 11.3 Å². The highest BCUT2D eigenvalue weighted by Crippen LogP contribution is 2.02. The van der Waals surface area contributed by atoms with Crippen molar-refractivity contribution in [2.75, 3.05) is 5.73 Å². The lowest BCUT2D eigenvalue weighted by Crippen LogP contribution is -2.04. The van der Waals surface area contributed by atoms with Crippen LogP contribution in [-0.2, 0) is 0 Å². The number of hydrogen-bond donors (Lipinski definition) is 2. The van der Waals surface area contributed by atoms with Crippen molar-refractivity contribution in [3.63, 3.8) is 0 Å². The number of hydrogen-bond acceptors (Lipinski definition) is 4. The van der Waals surface area contributed by atoms with Crippen LogP contribution >= 0.6 is 0 Å². The van der Waals surface area contributed by atoms with E-state index in [0.29, 0.717) is 0 Å². The van der Waals surface area contributed by atoms with Crippen molar-refractivity contribution in [2.45, 2.75) is 0 Å². The predicted molar refractivity (Wildman–Crippen MR) is 33.4 cm³/mol. The van der Waals surface area contributed by atoms with Gasteiger partial charge < -0.3 is 10.8 Å². The second-order valence-electron chi connectivity index (χ2n) is 1.57. The number of rotatable bonds is 1. The molecule has 0 aliphatic heterocycles. The minimum absolute atomic E-state index is 0.180. The van der Waals surface area contributed by atoms with Crippen LogP contribution in [0.2, 0.25) is 0 Å². The van der Waals surface area contributed by atoms with Crippen LogP contribution < -0.4 is 5.73 Å². The number of carboxylic acids is 1. The molecule has 0 amide bonds. The van der Waals surface area contributed by atoms with E-state index < -0.39 is 5.97 Å². The Morgan fingerprint density at radius 2 is 2.60 bits per heavy atom. The highest BCUT2D eigenvalue weighted by atomic mass is 16.4. The van der Waals surface area contributed by atoms with Crippen LogP contribution in [0.25, 0.3) is 0 Å². The maximum Gasteiger partial charge on any atom is 0.341 e. The summed E-state index contributed by atoms with van der Waals surface area (Å²) in [6.45, 7) is 0. The summed E-state index contributed by atoms with van der Waals surface area (Å²) < 4.78 is 6.88. The largest absolute Gasteiger partial charge is 0.477 e. The summed E-state index contributed by atoms with van der Waals surface area (Å²) in [4.78, 5) is 17.0. The normalized spacial score (nSPS) is 10.6. The van der Waals surface area contributed by atoms with Crippen molar-refractivity contribution >= 4 is 11.8 Å². The molecular formula is C5H5N3O2. The zero-order chi connectivity index (χ0) is 8.43. The smallest absolute Gasteiger partial charge is 0.341 e. The van der Waals surface area contributed by atoms with Gasteiger partial charge in [0.05, 0.1) is 0 Å². The van der Waals surface area contributed by atoms with Crippen molar-refractivity contribution in [1.82, 2.24) is 9.97 Å². The number of nitrogens with two attached hydrogens (primary N) is 1. The van der Waals surface area contributed by atoms with Crippen LogP contribution in [0.3, 0.4) is 0 Å². The Hall–Kier alpha value is -1.65. The van der Waals surface area contributed by atoms with Gasteiger partial charge in [0, 0.05) is 6.20 Å². The molecule has 0 aliphatic rings. The zero-order valence-electron chi connectivity index (χ0n) is 5.90. The van der Waals surface area contributed by atoms with E-state index in [-0.39, 0.29) is 17.7 Å². The molecule has 0 atom stereocenters. The third kappa shape index (κ3) is 1.02. The molecule has 0 radical (unpaired) electrons. The molecule has 1 aromatic heterocycles. The highest BCUT2D eigenvalue weighted by Gasteiger charge is 2.06. The Labute approximate surface area is 57.9 Å². The molecule has 0 unspecified atom stereocenters. The lowest BCUT2D eigenvalue weighted by Gasteiger charge is -1.94. The van der Waals surface area contributed by atoms with Gasteiger partial charge in [-0.25, -0.2) is 14.8 Å². The Balaban J connectivity index is 3.20. The van der Waals surface area contributed by atoms with Gasteiger partial charge in [0.25, 0.3) is 0 Å². The average Bonchev–Trinajstić information content (AvgIpc) is 1.85. The molecule has 0 spiro atoms. The Morgan fingerprint density at radius 3 is 3.10 bits per heavy atom. The van der Waals surface area contributed by atoms with E-state index in [1.165, 1.54) is 0 Å². The van der Waals surface area contributed by atoms with Gasteiger partial charge in [0.15, 0.2) is 0 Å². The number of carboxylic acid groups (broad SMARTS) is 1. The van der Waals surface area contributed by atoms with Crippen LogP contribution in [0.4, 0.5) is 5.82 Å². The fraction of sp³-hybridized carbons (Fsp3) is 0. The van der Waals surface area contributed by atoms with E-state index >= 15 is 0 Å². The summed E-state index contributed by atoms with van der Waals surface area (Å²) in [5, 5.41) is 8.44. The van der Waals surface area contributed by atoms with E-state index in [2.05, 4.69) is 9.97 Å². The van der Waals surface area contributed by atoms with E-state index in [1.54, 1.807) is 0 Å². The first-order chi connectivity index (χ1) is 5.11. The second-order valence-corrected chi connectivity index (χ2v) is 1.57. The number of carbonyl (C=O) groups is 1. The zero-order valence-corrected chi connectivity index (χ0v) is 4.90. The van der Waals surface area contributed by atoms with Gasteiger partial charge in [0.1, 0.15) is 19.1 Å². The van der Waals surface area contributed by atoms with Gasteiger partial charge in [-0.2, -0.15) is 0 Å². The molecule has 52 valence electrons. The van der Waals surface area contributed by atoms with Crippen LogP contribution in [0, 0.1) is 0 Å². The summed E-state index contributed by atoms with van der Waals surface area (Å²) in [5.41, 5.74) is 4.99. The molecule has 0 saturated heterocycles. The van der Waals surface area contributed by atoms with Crippen LogP contribution in [0.1, 0.15) is 11.7 Å². The summed E-state index contributed by atoms with van der Waals surface area (Å²) in [5.74, 6) is -1.38. The Bertz CT molecular complexity index is 302. The maximum atomic E-state index is 10.3. The molecule has 3 N–H and O–H groups in total. The SMILES string of the molecule is [2H]c1ncc(C(=O)O)c(N)n1. The van der Waals surface area contributed by atoms with Crippen molar-refractivity contribution in [3.05, 3.63) is 18.1 Å². The summed E-state index contributed by atoms with van der Waals surface area (Å²) in [6.07, 6.45) is 0.722. The predicted octanol–water partition coefficient (Wildman–Crippen LogP) is -0.243. The van der Waals surface area contributed by atoms with Gasteiger partial charge in [-0.1, -0.05) is 0 Å². The van der Waals surface area contributed by atoms with E-state index in [1.807, 2.05) is 0 Å². The molecule has 1 heterocycles. The first kappa shape index (κ1) is 5.16. The molecule has 5 nitrogen and oxygen atoms in total. The highest BCUT2D eigenvalue weighted by molar-refractivity contribution is 5.91. The molecule has 0 fully saturated rings. The van der Waals surface area contributed by atoms with Crippen LogP contribution in [0.15, 0.2) is 12.5 Å². The van der Waals surface area contributed by atoms with Gasteiger partial charge >= 0.3 is 5.97 Å². The fourth-order valence-electron chi connectivity index (χ4n) is 0.467. The summed E-state index contributed by atoms with van der Waals surface area (Å²) in [6, 6.07) is 0. The fourth-order valence-corrected chi connectivity index (χ4v) is 0.467. The quantitative estimate of drug-likeness (QED) is 0.561. The Kier molecular flexibility index (Phi) is 1.19. The number of nitrogens with zero attached hydrogens (tertiary/aromatic N) is 2. The van der Waals surface area contributed by atoms with Gasteiger partial charge in [-0.15, -0.1) is 0 Å². The molecule has 0 bridgehead atoms. The first-order valence-corrected chi connectivity index (χ1v) is 2.43. The molecule has 0 aromatic carbocycles.